The van der Waals surface area contributed by atoms with E-state index in [-0.39, 0.29) is 11.9 Å². The Morgan fingerprint density at radius 2 is 2.29 bits per heavy atom. The van der Waals surface area contributed by atoms with Crippen LogP contribution in [0.1, 0.15) is 30.0 Å². The number of amides is 1. The van der Waals surface area contributed by atoms with Crippen molar-refractivity contribution in [2.45, 2.75) is 20.3 Å². The zero-order valence-electron chi connectivity index (χ0n) is 9.56. The van der Waals surface area contributed by atoms with Gasteiger partial charge in [-0.05, 0) is 23.6 Å². The van der Waals surface area contributed by atoms with E-state index in [0.29, 0.717) is 11.6 Å². The highest BCUT2D eigenvalue weighted by atomic mass is 16.2. The first-order chi connectivity index (χ1) is 8.15. The molecule has 8 heteroatoms. The van der Waals surface area contributed by atoms with Crippen molar-refractivity contribution in [3.8, 4) is 0 Å². The maximum atomic E-state index is 11.7. The third-order valence-corrected chi connectivity index (χ3v) is 2.06. The molecular formula is C9H13N7O. The molecule has 0 saturated carbocycles. The quantitative estimate of drug-likeness (QED) is 0.708. The number of nitrogens with one attached hydrogen (secondary N) is 3. The van der Waals surface area contributed by atoms with Crippen LogP contribution >= 0.6 is 0 Å². The molecular weight excluding hydrogens is 222 g/mol. The number of rotatable bonds is 4. The van der Waals surface area contributed by atoms with Crippen LogP contribution in [-0.4, -0.2) is 36.7 Å². The molecule has 0 aliphatic heterocycles. The summed E-state index contributed by atoms with van der Waals surface area (Å²) in [6.07, 6.45) is 0.850. The highest BCUT2D eigenvalue weighted by Crippen LogP contribution is 2.07. The second kappa shape index (κ2) is 4.73. The Labute approximate surface area is 97.2 Å². The fraction of sp³-hybridized carbons (Fsp3) is 0.444. The largest absolute Gasteiger partial charge is 0.286 e. The van der Waals surface area contributed by atoms with Crippen molar-refractivity contribution in [1.82, 2.24) is 30.8 Å². The van der Waals surface area contributed by atoms with Gasteiger partial charge < -0.3 is 0 Å². The van der Waals surface area contributed by atoms with Gasteiger partial charge >= 0.3 is 0 Å². The molecule has 17 heavy (non-hydrogen) atoms. The van der Waals surface area contributed by atoms with E-state index in [1.165, 1.54) is 0 Å². The van der Waals surface area contributed by atoms with Crippen LogP contribution in [-0.2, 0) is 6.42 Å². The summed E-state index contributed by atoms with van der Waals surface area (Å²) in [5.41, 5.74) is 1.24. The Hall–Kier alpha value is -2.25. The van der Waals surface area contributed by atoms with Crippen molar-refractivity contribution in [2.75, 3.05) is 5.32 Å². The normalized spacial score (nSPS) is 10.8. The number of hydrogen-bond acceptors (Lipinski definition) is 5. The van der Waals surface area contributed by atoms with Gasteiger partial charge in [-0.25, -0.2) is 0 Å². The van der Waals surface area contributed by atoms with Gasteiger partial charge in [0.25, 0.3) is 11.9 Å². The van der Waals surface area contributed by atoms with E-state index in [0.717, 1.165) is 12.1 Å². The summed E-state index contributed by atoms with van der Waals surface area (Å²) in [5.74, 6) is 0.268. The predicted molar refractivity (Wildman–Crippen MR) is 59.3 cm³/mol. The van der Waals surface area contributed by atoms with Gasteiger partial charge in [0.2, 0.25) is 0 Å². The fourth-order valence-electron chi connectivity index (χ4n) is 1.40. The van der Waals surface area contributed by atoms with Gasteiger partial charge in [0.1, 0.15) is 0 Å². The molecule has 0 fully saturated rings. The SMILES string of the molecule is CC(C)Cc1cc(C(=O)Nc2nn[nH]n2)n[nH]1. The molecule has 90 valence electrons. The van der Waals surface area contributed by atoms with Gasteiger partial charge in [-0.1, -0.05) is 18.9 Å². The molecule has 0 aliphatic rings. The maximum Gasteiger partial charge on any atom is 0.278 e. The van der Waals surface area contributed by atoms with Crippen molar-refractivity contribution in [3.63, 3.8) is 0 Å². The summed E-state index contributed by atoms with van der Waals surface area (Å²) >= 11 is 0. The molecule has 0 aromatic carbocycles. The first-order valence-electron chi connectivity index (χ1n) is 5.24. The number of anilines is 1. The Morgan fingerprint density at radius 3 is 2.94 bits per heavy atom. The molecule has 0 bridgehead atoms. The van der Waals surface area contributed by atoms with Gasteiger partial charge in [0.05, 0.1) is 0 Å². The number of H-pyrrole nitrogens is 2. The first-order valence-corrected chi connectivity index (χ1v) is 5.24. The third-order valence-electron chi connectivity index (χ3n) is 2.06. The number of carbonyl (C=O) groups is 1. The molecule has 0 aliphatic carbocycles. The van der Waals surface area contributed by atoms with E-state index in [1.807, 2.05) is 0 Å². The summed E-state index contributed by atoms with van der Waals surface area (Å²) in [7, 11) is 0. The lowest BCUT2D eigenvalue weighted by Crippen LogP contribution is -2.13. The second-order valence-corrected chi connectivity index (χ2v) is 4.07. The highest BCUT2D eigenvalue weighted by Gasteiger charge is 2.12. The minimum Gasteiger partial charge on any atom is -0.286 e. The maximum absolute atomic E-state index is 11.7. The van der Waals surface area contributed by atoms with Crippen LogP contribution in [0, 0.1) is 5.92 Å². The Bertz CT molecular complexity index is 487. The van der Waals surface area contributed by atoms with Crippen LogP contribution in [0.5, 0.6) is 0 Å². The summed E-state index contributed by atoms with van der Waals surface area (Å²) < 4.78 is 0. The monoisotopic (exact) mass is 235 g/mol. The van der Waals surface area contributed by atoms with Gasteiger partial charge in [0, 0.05) is 5.69 Å². The van der Waals surface area contributed by atoms with E-state index < -0.39 is 0 Å². The smallest absolute Gasteiger partial charge is 0.278 e. The molecule has 0 atom stereocenters. The van der Waals surface area contributed by atoms with Crippen molar-refractivity contribution in [1.29, 1.82) is 0 Å². The van der Waals surface area contributed by atoms with Crippen molar-refractivity contribution in [2.24, 2.45) is 5.92 Å². The summed E-state index contributed by atoms with van der Waals surface area (Å²) in [6.45, 7) is 4.19. The molecule has 0 radical (unpaired) electrons. The Kier molecular flexibility index (Phi) is 3.12. The average molecular weight is 235 g/mol. The van der Waals surface area contributed by atoms with Crippen LogP contribution in [0.3, 0.4) is 0 Å². The molecule has 3 N–H and O–H groups in total. The second-order valence-electron chi connectivity index (χ2n) is 4.07. The van der Waals surface area contributed by atoms with E-state index in [4.69, 9.17) is 0 Å². The molecule has 2 rings (SSSR count). The van der Waals surface area contributed by atoms with E-state index in [1.54, 1.807) is 6.07 Å². The van der Waals surface area contributed by atoms with E-state index in [9.17, 15) is 4.79 Å². The van der Waals surface area contributed by atoms with Crippen molar-refractivity contribution in [3.05, 3.63) is 17.5 Å². The van der Waals surface area contributed by atoms with Crippen LogP contribution in [0.2, 0.25) is 0 Å². The number of tetrazole rings is 1. The van der Waals surface area contributed by atoms with Gasteiger partial charge in [-0.15, -0.1) is 5.10 Å². The lowest BCUT2D eigenvalue weighted by Gasteiger charge is -1.99. The average Bonchev–Trinajstić information content (AvgIpc) is 2.87. The summed E-state index contributed by atoms with van der Waals surface area (Å²) in [5, 5.41) is 22.0. The summed E-state index contributed by atoms with van der Waals surface area (Å²) in [4.78, 5) is 11.7. The van der Waals surface area contributed by atoms with Crippen molar-refractivity contribution >= 4 is 11.9 Å². The zero-order valence-corrected chi connectivity index (χ0v) is 9.56. The van der Waals surface area contributed by atoms with Crippen LogP contribution in [0.15, 0.2) is 6.07 Å². The minimum atomic E-state index is -0.363. The lowest BCUT2D eigenvalue weighted by molar-refractivity contribution is 0.102. The molecule has 2 heterocycles. The first kappa shape index (κ1) is 11.2. The number of carbonyl (C=O) groups excluding carboxylic acids is 1. The number of aromatic nitrogens is 6. The molecule has 0 unspecified atom stereocenters. The molecule has 2 aromatic rings. The third kappa shape index (κ3) is 2.86. The molecule has 2 aromatic heterocycles. The summed E-state index contributed by atoms with van der Waals surface area (Å²) in [6, 6.07) is 1.72. The number of nitrogens with zero attached hydrogens (tertiary/aromatic N) is 4. The van der Waals surface area contributed by atoms with Crippen LogP contribution in [0.25, 0.3) is 0 Å². The molecule has 0 saturated heterocycles. The van der Waals surface area contributed by atoms with Crippen molar-refractivity contribution < 1.29 is 4.79 Å². The number of hydrogen-bond donors (Lipinski definition) is 3. The molecule has 1 amide bonds. The minimum absolute atomic E-state index is 0.128. The van der Waals surface area contributed by atoms with Gasteiger partial charge in [0.15, 0.2) is 5.69 Å². The Morgan fingerprint density at radius 1 is 1.47 bits per heavy atom. The van der Waals surface area contributed by atoms with E-state index >= 15 is 0 Å². The highest BCUT2D eigenvalue weighted by molar-refractivity contribution is 6.01. The Balaban J connectivity index is 2.02. The molecule has 0 spiro atoms. The van der Waals surface area contributed by atoms with E-state index in [2.05, 4.69) is 50.0 Å². The van der Waals surface area contributed by atoms with Crippen LogP contribution < -0.4 is 5.32 Å². The lowest BCUT2D eigenvalue weighted by atomic mass is 10.1. The predicted octanol–water partition coefficient (Wildman–Crippen LogP) is 0.374. The zero-order chi connectivity index (χ0) is 12.3. The van der Waals surface area contributed by atoms with Crippen LogP contribution in [0.4, 0.5) is 5.95 Å². The number of aromatic amines is 2. The van der Waals surface area contributed by atoms with Gasteiger partial charge in [-0.2, -0.15) is 10.3 Å². The topological polar surface area (TPSA) is 112 Å². The standard InChI is InChI=1S/C9H13N7O/c1-5(2)3-6-4-7(12-11-6)8(17)10-9-13-15-16-14-9/h4-5H,3H2,1-2H3,(H,11,12)(H2,10,13,14,15,16,17). The van der Waals surface area contributed by atoms with Gasteiger partial charge in [-0.3, -0.25) is 15.2 Å². The molecule has 8 nitrogen and oxygen atoms in total. The fourth-order valence-corrected chi connectivity index (χ4v) is 1.40.